The van der Waals surface area contributed by atoms with Crippen molar-refractivity contribution >= 4 is 25.7 Å². The summed E-state index contributed by atoms with van der Waals surface area (Å²) in [7, 11) is -4.74. The molecule has 3 atom stereocenters. The largest absolute Gasteiger partial charge is 0.472 e. The van der Waals surface area contributed by atoms with Gasteiger partial charge in [-0.3, -0.25) is 23.4 Å². The van der Waals surface area contributed by atoms with E-state index in [1.807, 2.05) is 0 Å². The number of aliphatic hydroxyl groups excluding tert-OH is 1. The topological polar surface area (TPSA) is 155 Å². The smallest absolute Gasteiger partial charge is 0.462 e. The van der Waals surface area contributed by atoms with Crippen LogP contribution in [-0.4, -0.2) is 66.5 Å². The number of unbranched alkanes of at least 4 members (excludes halogenated alkanes) is 36. The molecule has 0 aliphatic heterocycles. The van der Waals surface area contributed by atoms with E-state index < -0.39 is 57.8 Å². The highest BCUT2D eigenvalue weighted by molar-refractivity contribution is 7.47. The van der Waals surface area contributed by atoms with Crippen molar-refractivity contribution in [2.75, 3.05) is 26.4 Å². The third-order valence-corrected chi connectivity index (χ3v) is 14.3. The van der Waals surface area contributed by atoms with Crippen molar-refractivity contribution in [3.8, 4) is 0 Å². The quantitative estimate of drug-likeness (QED) is 0.0197. The van der Waals surface area contributed by atoms with Crippen molar-refractivity contribution in [3.05, 3.63) is 24.3 Å². The summed E-state index contributed by atoms with van der Waals surface area (Å²) < 4.78 is 39.5. The number of carbonyl (C=O) groups excluding carboxylic acids is 3. The highest BCUT2D eigenvalue weighted by Crippen LogP contribution is 2.43. The Kier molecular flexibility index (Phi) is 53.6. The molecule has 0 aromatic carbocycles. The van der Waals surface area contributed by atoms with Crippen LogP contribution in [0.5, 0.6) is 0 Å². The SMILES string of the molecule is CCCCC/C=C\C/C=C\CCCCCCCCCC(=O)OCC(COP(=O)(O)OCC(CO)OC(=O)CCCCCCCCCCC)OC(=O)CCCCCCCCCCCCCCCCCCCCC. The molecule has 0 aliphatic rings. The van der Waals surface area contributed by atoms with Crippen molar-refractivity contribution < 1.29 is 52.2 Å². The second-order valence-corrected chi connectivity index (χ2v) is 22.0. The molecule has 0 rings (SSSR count). The van der Waals surface area contributed by atoms with Crippen LogP contribution < -0.4 is 0 Å². The van der Waals surface area contributed by atoms with E-state index in [-0.39, 0.29) is 25.9 Å². The molecular formula is C60H113O11P. The van der Waals surface area contributed by atoms with Gasteiger partial charge in [-0.25, -0.2) is 4.57 Å². The van der Waals surface area contributed by atoms with Gasteiger partial charge in [-0.05, 0) is 51.4 Å². The molecule has 0 saturated heterocycles. The van der Waals surface area contributed by atoms with Crippen LogP contribution in [0.1, 0.15) is 303 Å². The van der Waals surface area contributed by atoms with E-state index in [2.05, 4.69) is 45.1 Å². The minimum Gasteiger partial charge on any atom is -0.462 e. The third kappa shape index (κ3) is 52.8. The first kappa shape index (κ1) is 70.0. The summed E-state index contributed by atoms with van der Waals surface area (Å²) in [6, 6.07) is 0. The van der Waals surface area contributed by atoms with E-state index in [1.165, 1.54) is 173 Å². The lowest BCUT2D eigenvalue weighted by Gasteiger charge is -2.21. The van der Waals surface area contributed by atoms with Crippen molar-refractivity contribution in [3.63, 3.8) is 0 Å². The zero-order valence-corrected chi connectivity index (χ0v) is 47.8. The van der Waals surface area contributed by atoms with Crippen molar-refractivity contribution in [2.45, 2.75) is 315 Å². The summed E-state index contributed by atoms with van der Waals surface area (Å²) in [6.45, 7) is 4.64. The number of esters is 3. The summed E-state index contributed by atoms with van der Waals surface area (Å²) in [5, 5.41) is 9.78. The predicted molar refractivity (Wildman–Crippen MR) is 298 cm³/mol. The first-order chi connectivity index (χ1) is 35.2. The summed E-state index contributed by atoms with van der Waals surface area (Å²) in [4.78, 5) is 48.5. The fourth-order valence-corrected chi connectivity index (χ4v) is 9.53. The average Bonchev–Trinajstić information content (AvgIpc) is 3.37. The zero-order chi connectivity index (χ0) is 52.7. The Balaban J connectivity index is 4.66. The van der Waals surface area contributed by atoms with E-state index >= 15 is 0 Å². The summed E-state index contributed by atoms with van der Waals surface area (Å²) in [5.74, 6) is -1.45. The number of allylic oxidation sites excluding steroid dienone is 4. The Morgan fingerprint density at radius 1 is 0.389 bits per heavy atom. The second kappa shape index (κ2) is 55.2. The van der Waals surface area contributed by atoms with Crippen LogP contribution in [0.3, 0.4) is 0 Å². The zero-order valence-electron chi connectivity index (χ0n) is 46.9. The van der Waals surface area contributed by atoms with E-state index in [4.69, 9.17) is 23.3 Å². The lowest BCUT2D eigenvalue weighted by atomic mass is 10.0. The molecule has 0 amide bonds. The first-order valence-corrected chi connectivity index (χ1v) is 31.7. The monoisotopic (exact) mass is 1040 g/mol. The molecule has 0 saturated carbocycles. The van der Waals surface area contributed by atoms with E-state index in [9.17, 15) is 28.9 Å². The molecule has 3 unspecified atom stereocenters. The molecule has 11 nitrogen and oxygen atoms in total. The molecule has 0 radical (unpaired) electrons. The highest BCUT2D eigenvalue weighted by atomic mass is 31.2. The van der Waals surface area contributed by atoms with Crippen LogP contribution in [-0.2, 0) is 42.2 Å². The van der Waals surface area contributed by atoms with Crippen molar-refractivity contribution in [1.82, 2.24) is 0 Å². The molecule has 0 aromatic heterocycles. The number of hydrogen-bond acceptors (Lipinski definition) is 10. The summed E-state index contributed by atoms with van der Waals surface area (Å²) in [6.07, 6.45) is 55.7. The Bertz CT molecular complexity index is 1310. The minimum atomic E-state index is -4.74. The maximum absolute atomic E-state index is 12.9. The third-order valence-electron chi connectivity index (χ3n) is 13.4. The minimum absolute atomic E-state index is 0.173. The standard InChI is InChI=1S/C60H113O11P/c1-4-7-10-13-16-19-21-23-25-27-28-30-32-34-36-39-42-45-48-51-60(64)71-57(53-67-58(62)49-46-43-40-38-35-33-31-29-26-24-22-20-17-14-11-8-5-2)55-69-72(65,66)68-54-56(52-61)70-59(63)50-47-44-41-37-18-15-12-9-6-3/h17,20,24,26,56-57,61H,4-16,18-19,21-23,25,27-55H2,1-3H3,(H,65,66)/b20-17-,26-24-. The molecule has 0 spiro atoms. The number of phosphoric acid groups is 1. The fourth-order valence-electron chi connectivity index (χ4n) is 8.74. The number of hydrogen-bond donors (Lipinski definition) is 2. The van der Waals surface area contributed by atoms with Gasteiger partial charge in [-0.2, -0.15) is 0 Å². The van der Waals surface area contributed by atoms with Gasteiger partial charge in [-0.1, -0.05) is 257 Å². The van der Waals surface area contributed by atoms with Gasteiger partial charge in [0.25, 0.3) is 0 Å². The van der Waals surface area contributed by atoms with Crippen LogP contribution in [0, 0.1) is 0 Å². The maximum atomic E-state index is 12.9. The number of carbonyl (C=O) groups is 3. The van der Waals surface area contributed by atoms with Gasteiger partial charge in [-0.15, -0.1) is 0 Å². The highest BCUT2D eigenvalue weighted by Gasteiger charge is 2.28. The number of aliphatic hydroxyl groups is 1. The molecule has 0 heterocycles. The van der Waals surface area contributed by atoms with Gasteiger partial charge >= 0.3 is 25.7 Å². The molecule has 0 aliphatic carbocycles. The first-order valence-electron chi connectivity index (χ1n) is 30.2. The van der Waals surface area contributed by atoms with E-state index in [0.717, 1.165) is 70.6 Å². The lowest BCUT2D eigenvalue weighted by Crippen LogP contribution is -2.30. The van der Waals surface area contributed by atoms with Crippen LogP contribution in [0.2, 0.25) is 0 Å². The van der Waals surface area contributed by atoms with E-state index in [1.54, 1.807) is 0 Å². The molecule has 424 valence electrons. The van der Waals surface area contributed by atoms with Gasteiger partial charge in [0.15, 0.2) is 6.10 Å². The predicted octanol–water partition coefficient (Wildman–Crippen LogP) is 17.8. The van der Waals surface area contributed by atoms with E-state index in [0.29, 0.717) is 19.3 Å². The van der Waals surface area contributed by atoms with Crippen molar-refractivity contribution in [2.24, 2.45) is 0 Å². The molecular weight excluding hydrogens is 928 g/mol. The second-order valence-electron chi connectivity index (χ2n) is 20.5. The molecule has 0 fully saturated rings. The van der Waals surface area contributed by atoms with Crippen LogP contribution in [0.4, 0.5) is 0 Å². The Hall–Kier alpha value is -2.04. The van der Waals surface area contributed by atoms with Crippen molar-refractivity contribution in [1.29, 1.82) is 0 Å². The summed E-state index contributed by atoms with van der Waals surface area (Å²) in [5.41, 5.74) is 0. The lowest BCUT2D eigenvalue weighted by molar-refractivity contribution is -0.161. The van der Waals surface area contributed by atoms with Crippen LogP contribution in [0.15, 0.2) is 24.3 Å². The van der Waals surface area contributed by atoms with Gasteiger partial charge in [0.05, 0.1) is 19.8 Å². The normalized spacial score (nSPS) is 13.5. The average molecular weight is 1040 g/mol. The Morgan fingerprint density at radius 2 is 0.681 bits per heavy atom. The van der Waals surface area contributed by atoms with Gasteiger partial charge < -0.3 is 24.2 Å². The molecule has 72 heavy (non-hydrogen) atoms. The van der Waals surface area contributed by atoms with Crippen LogP contribution >= 0.6 is 7.82 Å². The number of rotatable bonds is 57. The maximum Gasteiger partial charge on any atom is 0.472 e. The Labute approximate surface area is 442 Å². The fraction of sp³-hybridized carbons (Fsp3) is 0.883. The summed E-state index contributed by atoms with van der Waals surface area (Å²) >= 11 is 0. The number of ether oxygens (including phenoxy) is 3. The Morgan fingerprint density at radius 3 is 1.06 bits per heavy atom. The molecule has 2 N–H and O–H groups in total. The van der Waals surface area contributed by atoms with Gasteiger partial charge in [0.2, 0.25) is 0 Å². The van der Waals surface area contributed by atoms with Gasteiger partial charge in [0, 0.05) is 19.3 Å². The molecule has 0 bridgehead atoms. The van der Waals surface area contributed by atoms with Gasteiger partial charge in [0.1, 0.15) is 12.7 Å². The molecule has 12 heteroatoms. The van der Waals surface area contributed by atoms with Crippen LogP contribution in [0.25, 0.3) is 0 Å². The number of phosphoric ester groups is 1. The molecule has 0 aromatic rings.